The van der Waals surface area contributed by atoms with Crippen LogP contribution >= 0.6 is 21.6 Å². The van der Waals surface area contributed by atoms with Gasteiger partial charge in [-0.2, -0.15) is 0 Å². The molecule has 0 fully saturated rings. The Morgan fingerprint density at radius 3 is 3.08 bits per heavy atom. The fourth-order valence-electron chi connectivity index (χ4n) is 1.38. The summed E-state index contributed by atoms with van der Waals surface area (Å²) >= 11 is 0. The Balaban J connectivity index is 2.58. The third-order valence-electron chi connectivity index (χ3n) is 1.93. The maximum Gasteiger partial charge on any atom is 0.116 e. The molecule has 3 rings (SSSR count). The lowest BCUT2D eigenvalue weighted by molar-refractivity contribution is 1.17. The second kappa shape index (κ2) is 2.41. The molecule has 3 heteroatoms. The molecule has 12 heavy (non-hydrogen) atoms. The summed E-state index contributed by atoms with van der Waals surface area (Å²) in [5, 5.41) is 3.79. The molecule has 2 heterocycles. The third-order valence-corrected chi connectivity index (χ3v) is 4.26. The van der Waals surface area contributed by atoms with E-state index >= 15 is 0 Å². The van der Waals surface area contributed by atoms with Crippen LogP contribution < -0.4 is 0 Å². The fourth-order valence-corrected chi connectivity index (χ4v) is 3.76. The number of benzene rings is 1. The molecule has 1 nitrogen and oxygen atoms in total. The Labute approximate surface area is 78.0 Å². The van der Waals surface area contributed by atoms with Crippen molar-refractivity contribution in [1.29, 1.82) is 0 Å². The summed E-state index contributed by atoms with van der Waals surface area (Å²) in [6, 6.07) is 8.45. The molecule has 0 aliphatic carbocycles. The number of rotatable bonds is 0. The summed E-state index contributed by atoms with van der Waals surface area (Å²) in [6.45, 7) is 0. The first-order valence-electron chi connectivity index (χ1n) is 3.67. The molecule has 58 valence electrons. The highest BCUT2D eigenvalue weighted by Crippen LogP contribution is 2.49. The molecular formula is C9H5NS2. The van der Waals surface area contributed by atoms with E-state index in [4.69, 9.17) is 0 Å². The molecule has 1 aliphatic rings. The number of nitrogens with zero attached hydrogens (tertiary/aromatic N) is 1. The molecule has 0 amide bonds. The number of hydrogen-bond acceptors (Lipinski definition) is 3. The van der Waals surface area contributed by atoms with E-state index in [0.29, 0.717) is 0 Å². The second-order valence-electron chi connectivity index (χ2n) is 2.64. The lowest BCUT2D eigenvalue weighted by Gasteiger charge is -1.96. The van der Waals surface area contributed by atoms with Crippen molar-refractivity contribution in [1.82, 2.24) is 4.98 Å². The molecule has 0 atom stereocenters. The van der Waals surface area contributed by atoms with Gasteiger partial charge in [0.15, 0.2) is 0 Å². The zero-order valence-corrected chi connectivity index (χ0v) is 7.78. The minimum atomic E-state index is 1.16. The number of pyridine rings is 1. The van der Waals surface area contributed by atoms with Crippen molar-refractivity contribution in [3.8, 4) is 0 Å². The predicted molar refractivity (Wildman–Crippen MR) is 53.5 cm³/mol. The average molecular weight is 191 g/mol. The van der Waals surface area contributed by atoms with Crippen LogP contribution in [0.2, 0.25) is 0 Å². The van der Waals surface area contributed by atoms with Gasteiger partial charge in [-0.05, 0) is 28.3 Å². The maximum absolute atomic E-state index is 4.32. The molecule has 1 aromatic heterocycles. The van der Waals surface area contributed by atoms with Crippen molar-refractivity contribution in [3.63, 3.8) is 0 Å². The zero-order chi connectivity index (χ0) is 7.97. The van der Waals surface area contributed by atoms with Crippen molar-refractivity contribution >= 4 is 32.4 Å². The van der Waals surface area contributed by atoms with Gasteiger partial charge in [-0.3, -0.25) is 0 Å². The van der Waals surface area contributed by atoms with E-state index in [2.05, 4.69) is 29.2 Å². The van der Waals surface area contributed by atoms with Crippen molar-refractivity contribution in [2.24, 2.45) is 0 Å². The van der Waals surface area contributed by atoms with E-state index in [1.807, 2.05) is 6.20 Å². The Kier molecular flexibility index (Phi) is 1.36. The van der Waals surface area contributed by atoms with Gasteiger partial charge in [0.25, 0.3) is 0 Å². The van der Waals surface area contributed by atoms with Gasteiger partial charge in [-0.15, -0.1) is 0 Å². The van der Waals surface area contributed by atoms with Crippen LogP contribution in [0.5, 0.6) is 0 Å². The Bertz CT molecular complexity index is 414. The normalized spacial score (nSPS) is 14.0. The molecule has 2 aromatic rings. The minimum absolute atomic E-state index is 1.16. The molecule has 0 spiro atoms. The summed E-state index contributed by atoms with van der Waals surface area (Å²) in [5.74, 6) is 0. The molecule has 0 radical (unpaired) electrons. The molecule has 1 aromatic carbocycles. The smallest absolute Gasteiger partial charge is 0.116 e. The van der Waals surface area contributed by atoms with Crippen LogP contribution in [0.4, 0.5) is 0 Å². The van der Waals surface area contributed by atoms with Gasteiger partial charge < -0.3 is 0 Å². The van der Waals surface area contributed by atoms with E-state index in [-0.39, 0.29) is 0 Å². The van der Waals surface area contributed by atoms with E-state index < -0.39 is 0 Å². The van der Waals surface area contributed by atoms with Crippen molar-refractivity contribution in [2.75, 3.05) is 0 Å². The monoisotopic (exact) mass is 191 g/mol. The summed E-state index contributed by atoms with van der Waals surface area (Å²) in [7, 11) is 3.55. The van der Waals surface area contributed by atoms with Gasteiger partial charge in [0.05, 0.1) is 0 Å². The molecule has 0 N–H and O–H groups in total. The highest BCUT2D eigenvalue weighted by atomic mass is 33.1. The standard InChI is InChI=1S/C9H5NS2/c1-2-6-4-5-10-9-8(6)7(3-1)11-12-9/h1-5H. The van der Waals surface area contributed by atoms with E-state index in [0.717, 1.165) is 5.03 Å². The third kappa shape index (κ3) is 0.807. The highest BCUT2D eigenvalue weighted by molar-refractivity contribution is 8.77. The molecule has 1 aliphatic heterocycles. The summed E-state index contributed by atoms with van der Waals surface area (Å²) in [4.78, 5) is 5.67. The molecule has 0 unspecified atom stereocenters. The van der Waals surface area contributed by atoms with Crippen molar-refractivity contribution < 1.29 is 0 Å². The lowest BCUT2D eigenvalue weighted by Crippen LogP contribution is -1.77. The Hall–Kier alpha value is -0.670. The fraction of sp³-hybridized carbons (Fsp3) is 0. The predicted octanol–water partition coefficient (Wildman–Crippen LogP) is 3.35. The van der Waals surface area contributed by atoms with E-state index in [1.165, 1.54) is 15.7 Å². The zero-order valence-electron chi connectivity index (χ0n) is 6.15. The first-order valence-corrected chi connectivity index (χ1v) is 5.82. The Morgan fingerprint density at radius 2 is 2.08 bits per heavy atom. The molecule has 0 saturated carbocycles. The van der Waals surface area contributed by atoms with Crippen LogP contribution in [0, 0.1) is 0 Å². The Morgan fingerprint density at radius 1 is 1.08 bits per heavy atom. The van der Waals surface area contributed by atoms with Gasteiger partial charge in [-0.1, -0.05) is 22.9 Å². The molecular weight excluding hydrogens is 186 g/mol. The maximum atomic E-state index is 4.32. The van der Waals surface area contributed by atoms with Crippen LogP contribution in [0.3, 0.4) is 0 Å². The first-order chi connectivity index (χ1) is 5.95. The second-order valence-corrected chi connectivity index (χ2v) is 4.80. The van der Waals surface area contributed by atoms with Crippen molar-refractivity contribution in [3.05, 3.63) is 30.5 Å². The molecule has 0 saturated heterocycles. The largest absolute Gasteiger partial charge is 0.248 e. The van der Waals surface area contributed by atoms with Crippen LogP contribution in [0.25, 0.3) is 10.8 Å². The lowest BCUT2D eigenvalue weighted by atomic mass is 10.2. The van der Waals surface area contributed by atoms with Crippen LogP contribution in [-0.2, 0) is 0 Å². The van der Waals surface area contributed by atoms with Gasteiger partial charge in [0.2, 0.25) is 0 Å². The molecule has 0 bridgehead atoms. The average Bonchev–Trinajstić information content (AvgIpc) is 2.52. The van der Waals surface area contributed by atoms with Crippen molar-refractivity contribution in [2.45, 2.75) is 9.92 Å². The SMILES string of the molecule is c1cc2c3c(nccc3c1)SS2. The summed E-state index contributed by atoms with van der Waals surface area (Å²) in [5.41, 5.74) is 0. The van der Waals surface area contributed by atoms with Gasteiger partial charge in [0, 0.05) is 16.5 Å². The van der Waals surface area contributed by atoms with Crippen LogP contribution in [-0.4, -0.2) is 4.98 Å². The highest BCUT2D eigenvalue weighted by Gasteiger charge is 2.15. The summed E-state index contributed by atoms with van der Waals surface area (Å²) < 4.78 is 0. The van der Waals surface area contributed by atoms with Gasteiger partial charge in [-0.25, -0.2) is 4.98 Å². The number of aromatic nitrogens is 1. The topological polar surface area (TPSA) is 12.9 Å². The van der Waals surface area contributed by atoms with Gasteiger partial charge >= 0.3 is 0 Å². The quantitative estimate of drug-likeness (QED) is 0.593. The first kappa shape index (κ1) is 6.80. The van der Waals surface area contributed by atoms with Crippen LogP contribution in [0.15, 0.2) is 40.4 Å². The minimum Gasteiger partial charge on any atom is -0.248 e. The number of hydrogen-bond donors (Lipinski definition) is 0. The van der Waals surface area contributed by atoms with E-state index in [9.17, 15) is 0 Å². The van der Waals surface area contributed by atoms with Gasteiger partial charge in [0.1, 0.15) is 5.03 Å². The van der Waals surface area contributed by atoms with E-state index in [1.54, 1.807) is 21.6 Å². The van der Waals surface area contributed by atoms with Crippen LogP contribution in [0.1, 0.15) is 0 Å². The summed E-state index contributed by atoms with van der Waals surface area (Å²) in [6.07, 6.45) is 1.88.